The summed E-state index contributed by atoms with van der Waals surface area (Å²) >= 11 is 0. The molecule has 0 N–H and O–H groups in total. The Kier molecular flexibility index (Phi) is 7.41. The van der Waals surface area contributed by atoms with Crippen LogP contribution in [0.4, 0.5) is 0 Å². The normalized spacial score (nSPS) is 10.8. The molecule has 0 aliphatic rings. The molecule has 2 aromatic rings. The van der Waals surface area contributed by atoms with Crippen LogP contribution in [0.3, 0.4) is 0 Å². The largest absolute Gasteiger partial charge is 0.340 e. The summed E-state index contributed by atoms with van der Waals surface area (Å²) in [6.45, 7) is 2.27. The van der Waals surface area contributed by atoms with Crippen molar-refractivity contribution in [1.29, 1.82) is 0 Å². The van der Waals surface area contributed by atoms with Gasteiger partial charge >= 0.3 is 0 Å². The first-order valence-corrected chi connectivity index (χ1v) is 8.68. The number of pyridine rings is 1. The van der Waals surface area contributed by atoms with Crippen LogP contribution in [-0.2, 0) is 17.8 Å². The Morgan fingerprint density at radius 1 is 0.960 bits per heavy atom. The Balaban J connectivity index is 1.95. The van der Waals surface area contributed by atoms with E-state index < -0.39 is 0 Å². The SMILES string of the molecule is CN(C)CCN(CCCc1ccccc1)C(=O)Cn1ccccc1=O. The molecule has 0 saturated carbocycles. The van der Waals surface area contributed by atoms with Crippen molar-refractivity contribution in [3.63, 3.8) is 0 Å². The molecule has 0 spiro atoms. The van der Waals surface area contributed by atoms with Gasteiger partial charge in [0.15, 0.2) is 0 Å². The van der Waals surface area contributed by atoms with Crippen molar-refractivity contribution >= 4 is 5.91 Å². The molecule has 2 rings (SSSR count). The minimum Gasteiger partial charge on any atom is -0.340 e. The van der Waals surface area contributed by atoms with E-state index in [1.807, 2.05) is 37.2 Å². The number of hydrogen-bond acceptors (Lipinski definition) is 3. The number of carbonyl (C=O) groups excluding carboxylic acids is 1. The van der Waals surface area contributed by atoms with Crippen LogP contribution >= 0.6 is 0 Å². The van der Waals surface area contributed by atoms with Crippen molar-refractivity contribution in [1.82, 2.24) is 14.4 Å². The number of amides is 1. The van der Waals surface area contributed by atoms with Gasteiger partial charge in [-0.05, 0) is 38.6 Å². The molecule has 25 heavy (non-hydrogen) atoms. The third kappa shape index (κ3) is 6.55. The highest BCUT2D eigenvalue weighted by molar-refractivity contribution is 5.76. The van der Waals surface area contributed by atoms with Crippen LogP contribution in [0.1, 0.15) is 12.0 Å². The van der Waals surface area contributed by atoms with Crippen molar-refractivity contribution in [2.24, 2.45) is 0 Å². The number of aromatic nitrogens is 1. The van der Waals surface area contributed by atoms with E-state index in [1.165, 1.54) is 16.2 Å². The molecule has 0 unspecified atom stereocenters. The standard InChI is InChI=1S/C20H27N3O2/c1-21(2)15-16-22(14-8-11-18-9-4-3-5-10-18)20(25)17-23-13-7-6-12-19(23)24/h3-7,9-10,12-13H,8,11,14-17H2,1-2H3. The van der Waals surface area contributed by atoms with E-state index >= 15 is 0 Å². The maximum Gasteiger partial charge on any atom is 0.250 e. The second-order valence-electron chi connectivity index (χ2n) is 6.44. The summed E-state index contributed by atoms with van der Waals surface area (Å²) in [5, 5.41) is 0. The Morgan fingerprint density at radius 2 is 1.68 bits per heavy atom. The summed E-state index contributed by atoms with van der Waals surface area (Å²) < 4.78 is 1.46. The lowest BCUT2D eigenvalue weighted by Crippen LogP contribution is -2.40. The predicted octanol–water partition coefficient (Wildman–Crippen LogP) is 1.87. The number of hydrogen-bond donors (Lipinski definition) is 0. The smallest absolute Gasteiger partial charge is 0.250 e. The van der Waals surface area contributed by atoms with Crippen molar-refractivity contribution in [2.45, 2.75) is 19.4 Å². The van der Waals surface area contributed by atoms with Gasteiger partial charge in [0.2, 0.25) is 5.91 Å². The molecule has 1 heterocycles. The van der Waals surface area contributed by atoms with Gasteiger partial charge in [0.1, 0.15) is 6.54 Å². The minimum absolute atomic E-state index is 0.0109. The van der Waals surface area contributed by atoms with Gasteiger partial charge in [-0.3, -0.25) is 9.59 Å². The Labute approximate surface area is 149 Å². The lowest BCUT2D eigenvalue weighted by molar-refractivity contribution is -0.132. The summed E-state index contributed by atoms with van der Waals surface area (Å²) in [4.78, 5) is 28.4. The number of nitrogens with zero attached hydrogens (tertiary/aromatic N) is 3. The van der Waals surface area contributed by atoms with Crippen LogP contribution in [0.25, 0.3) is 0 Å². The van der Waals surface area contributed by atoms with Crippen molar-refractivity contribution < 1.29 is 4.79 Å². The molecule has 0 fully saturated rings. The molecule has 1 amide bonds. The summed E-state index contributed by atoms with van der Waals surface area (Å²) in [7, 11) is 3.99. The van der Waals surface area contributed by atoms with Gasteiger partial charge in [0.25, 0.3) is 5.56 Å². The molecular formula is C20H27N3O2. The third-order valence-corrected chi connectivity index (χ3v) is 4.11. The van der Waals surface area contributed by atoms with Crippen LogP contribution in [0, 0.1) is 0 Å². The Hall–Kier alpha value is -2.40. The maximum absolute atomic E-state index is 12.7. The van der Waals surface area contributed by atoms with E-state index in [4.69, 9.17) is 0 Å². The highest BCUT2D eigenvalue weighted by Crippen LogP contribution is 2.04. The lowest BCUT2D eigenvalue weighted by Gasteiger charge is -2.25. The van der Waals surface area contributed by atoms with E-state index in [2.05, 4.69) is 17.0 Å². The number of likely N-dealkylation sites (N-methyl/N-ethyl adjacent to an activating group) is 1. The van der Waals surface area contributed by atoms with Crippen molar-refractivity contribution in [3.8, 4) is 0 Å². The number of rotatable bonds is 9. The van der Waals surface area contributed by atoms with Crippen LogP contribution in [0.15, 0.2) is 59.5 Å². The quantitative estimate of drug-likeness (QED) is 0.699. The van der Waals surface area contributed by atoms with E-state index in [-0.39, 0.29) is 18.0 Å². The summed E-state index contributed by atoms with van der Waals surface area (Å²) in [5.74, 6) is -0.0109. The molecular weight excluding hydrogens is 314 g/mol. The summed E-state index contributed by atoms with van der Waals surface area (Å²) in [5.41, 5.74) is 1.13. The molecule has 0 aliphatic carbocycles. The topological polar surface area (TPSA) is 45.5 Å². The third-order valence-electron chi connectivity index (χ3n) is 4.11. The van der Waals surface area contributed by atoms with Crippen LogP contribution in [0.5, 0.6) is 0 Å². The van der Waals surface area contributed by atoms with Gasteiger partial charge in [-0.15, -0.1) is 0 Å². The molecule has 1 aromatic heterocycles. The number of aryl methyl sites for hydroxylation is 1. The summed E-state index contributed by atoms with van der Waals surface area (Å²) in [6, 6.07) is 15.2. The second-order valence-corrected chi connectivity index (χ2v) is 6.44. The number of benzene rings is 1. The minimum atomic E-state index is -0.146. The molecule has 5 heteroatoms. The first kappa shape index (κ1) is 18.9. The Bertz CT molecular complexity index is 710. The highest BCUT2D eigenvalue weighted by atomic mass is 16.2. The summed E-state index contributed by atoms with van der Waals surface area (Å²) in [6.07, 6.45) is 3.51. The zero-order valence-electron chi connectivity index (χ0n) is 15.1. The average molecular weight is 341 g/mol. The van der Waals surface area contributed by atoms with Gasteiger partial charge < -0.3 is 14.4 Å². The Morgan fingerprint density at radius 3 is 2.36 bits per heavy atom. The van der Waals surface area contributed by atoms with Crippen LogP contribution in [0.2, 0.25) is 0 Å². The molecule has 0 saturated heterocycles. The molecule has 0 bridgehead atoms. The molecule has 1 aromatic carbocycles. The monoisotopic (exact) mass is 341 g/mol. The first-order valence-electron chi connectivity index (χ1n) is 8.68. The molecule has 0 atom stereocenters. The van der Waals surface area contributed by atoms with Crippen LogP contribution in [-0.4, -0.2) is 54.0 Å². The first-order chi connectivity index (χ1) is 12.1. The van der Waals surface area contributed by atoms with Gasteiger partial charge in [-0.2, -0.15) is 0 Å². The van der Waals surface area contributed by atoms with Crippen molar-refractivity contribution in [2.75, 3.05) is 33.7 Å². The van der Waals surface area contributed by atoms with Gasteiger partial charge in [-0.1, -0.05) is 36.4 Å². The van der Waals surface area contributed by atoms with Gasteiger partial charge in [0, 0.05) is 31.9 Å². The average Bonchev–Trinajstić information content (AvgIpc) is 2.60. The molecule has 0 aliphatic heterocycles. The zero-order chi connectivity index (χ0) is 18.1. The molecule has 134 valence electrons. The maximum atomic E-state index is 12.7. The van der Waals surface area contributed by atoms with E-state index in [1.54, 1.807) is 18.3 Å². The van der Waals surface area contributed by atoms with Gasteiger partial charge in [-0.25, -0.2) is 0 Å². The van der Waals surface area contributed by atoms with Gasteiger partial charge in [0.05, 0.1) is 0 Å². The van der Waals surface area contributed by atoms with E-state index in [9.17, 15) is 9.59 Å². The predicted molar refractivity (Wildman–Crippen MR) is 101 cm³/mol. The van der Waals surface area contributed by atoms with E-state index in [0.29, 0.717) is 13.1 Å². The molecule has 0 radical (unpaired) electrons. The zero-order valence-corrected chi connectivity index (χ0v) is 15.1. The second kappa shape index (κ2) is 9.79. The van der Waals surface area contributed by atoms with E-state index in [0.717, 1.165) is 19.4 Å². The fourth-order valence-electron chi connectivity index (χ4n) is 2.64. The van der Waals surface area contributed by atoms with Crippen LogP contribution < -0.4 is 5.56 Å². The van der Waals surface area contributed by atoms with Crippen molar-refractivity contribution in [3.05, 3.63) is 70.6 Å². The highest BCUT2D eigenvalue weighted by Gasteiger charge is 2.14. The molecule has 5 nitrogen and oxygen atoms in total. The fraction of sp³-hybridized carbons (Fsp3) is 0.400. The lowest BCUT2D eigenvalue weighted by atomic mass is 10.1. The number of carbonyl (C=O) groups is 1. The fourth-order valence-corrected chi connectivity index (χ4v) is 2.64.